The minimum atomic E-state index is -0.632. The molecule has 4 N–H and O–H groups in total. The molecule has 0 fully saturated rings. The third-order valence-electron chi connectivity index (χ3n) is 3.47. The van der Waals surface area contributed by atoms with Crippen molar-refractivity contribution in [3.05, 3.63) is 29.6 Å². The van der Waals surface area contributed by atoms with E-state index >= 15 is 0 Å². The van der Waals surface area contributed by atoms with Crippen LogP contribution < -0.4 is 16.4 Å². The van der Waals surface area contributed by atoms with Gasteiger partial charge < -0.3 is 16.4 Å². The van der Waals surface area contributed by atoms with E-state index in [4.69, 9.17) is 5.73 Å². The minimum absolute atomic E-state index is 0.0785. The first-order valence-electron chi connectivity index (χ1n) is 8.33. The standard InChI is InChI=1S/C18H28FN3O2/c1-11(2)7-14(10-20)21-18(24)13-5-6-16(15(19)9-13)22-17(23)8-12(3)4/h5-6,9,11-12,14H,7-8,10,20H2,1-4H3,(H,21,24)(H,22,23). The van der Waals surface area contributed by atoms with Crippen LogP contribution in [0.25, 0.3) is 0 Å². The van der Waals surface area contributed by atoms with Gasteiger partial charge in [0.1, 0.15) is 5.82 Å². The molecule has 0 saturated heterocycles. The van der Waals surface area contributed by atoms with Gasteiger partial charge in [0.05, 0.1) is 5.69 Å². The van der Waals surface area contributed by atoms with Gasteiger partial charge in [-0.05, 0) is 36.5 Å². The van der Waals surface area contributed by atoms with E-state index < -0.39 is 5.82 Å². The van der Waals surface area contributed by atoms with E-state index in [0.29, 0.717) is 18.9 Å². The summed E-state index contributed by atoms with van der Waals surface area (Å²) >= 11 is 0. The maximum Gasteiger partial charge on any atom is 0.251 e. The average Bonchev–Trinajstić information content (AvgIpc) is 2.47. The monoisotopic (exact) mass is 337 g/mol. The Balaban J connectivity index is 2.75. The van der Waals surface area contributed by atoms with Crippen molar-refractivity contribution in [2.24, 2.45) is 17.6 Å². The van der Waals surface area contributed by atoms with Crippen LogP contribution in [0.4, 0.5) is 10.1 Å². The molecule has 1 rings (SSSR count). The highest BCUT2D eigenvalue weighted by molar-refractivity contribution is 5.96. The molecule has 0 heterocycles. The Morgan fingerprint density at radius 2 is 1.83 bits per heavy atom. The summed E-state index contributed by atoms with van der Waals surface area (Å²) in [6.45, 7) is 8.24. The van der Waals surface area contributed by atoms with E-state index in [-0.39, 0.29) is 35.0 Å². The van der Waals surface area contributed by atoms with Crippen molar-refractivity contribution in [2.45, 2.75) is 46.6 Å². The van der Waals surface area contributed by atoms with Crippen molar-refractivity contribution in [3.63, 3.8) is 0 Å². The lowest BCUT2D eigenvalue weighted by Gasteiger charge is -2.19. The molecule has 134 valence electrons. The third kappa shape index (κ3) is 6.66. The number of anilines is 1. The van der Waals surface area contributed by atoms with Crippen LogP contribution in [0.2, 0.25) is 0 Å². The molecule has 0 aromatic heterocycles. The number of halogens is 1. The van der Waals surface area contributed by atoms with Gasteiger partial charge in [-0.1, -0.05) is 27.7 Å². The molecule has 24 heavy (non-hydrogen) atoms. The molecule has 0 bridgehead atoms. The lowest BCUT2D eigenvalue weighted by atomic mass is 10.0. The van der Waals surface area contributed by atoms with Gasteiger partial charge in [0.15, 0.2) is 0 Å². The molecule has 0 radical (unpaired) electrons. The summed E-state index contributed by atoms with van der Waals surface area (Å²) in [5.41, 5.74) is 5.94. The number of benzene rings is 1. The van der Waals surface area contributed by atoms with Crippen molar-refractivity contribution in [2.75, 3.05) is 11.9 Å². The van der Waals surface area contributed by atoms with E-state index in [2.05, 4.69) is 10.6 Å². The second-order valence-electron chi connectivity index (χ2n) is 6.88. The number of carbonyl (C=O) groups is 2. The third-order valence-corrected chi connectivity index (χ3v) is 3.47. The summed E-state index contributed by atoms with van der Waals surface area (Å²) in [5, 5.41) is 5.33. The van der Waals surface area contributed by atoms with E-state index in [1.54, 1.807) is 0 Å². The van der Waals surface area contributed by atoms with Crippen LogP contribution in [0.15, 0.2) is 18.2 Å². The molecule has 1 aromatic rings. The Hall–Kier alpha value is -1.95. The smallest absolute Gasteiger partial charge is 0.251 e. The average molecular weight is 337 g/mol. The summed E-state index contributed by atoms with van der Waals surface area (Å²) in [4.78, 5) is 23.9. The topological polar surface area (TPSA) is 84.2 Å². The zero-order chi connectivity index (χ0) is 18.3. The molecule has 0 aliphatic rings. The molecule has 1 unspecified atom stereocenters. The SMILES string of the molecule is CC(C)CC(=O)Nc1ccc(C(=O)NC(CN)CC(C)C)cc1F. The lowest BCUT2D eigenvalue weighted by Crippen LogP contribution is -2.41. The van der Waals surface area contributed by atoms with Gasteiger partial charge in [-0.25, -0.2) is 4.39 Å². The fraction of sp³-hybridized carbons (Fsp3) is 0.556. The summed E-state index contributed by atoms with van der Waals surface area (Å²) in [6, 6.07) is 3.88. The molecule has 6 heteroatoms. The summed E-state index contributed by atoms with van der Waals surface area (Å²) in [6.07, 6.45) is 1.07. The molecule has 2 amide bonds. The maximum absolute atomic E-state index is 14.1. The number of nitrogens with one attached hydrogen (secondary N) is 2. The molecule has 0 aliphatic heterocycles. The Morgan fingerprint density at radius 3 is 2.33 bits per heavy atom. The van der Waals surface area contributed by atoms with Gasteiger partial charge in [0, 0.05) is 24.6 Å². The van der Waals surface area contributed by atoms with Crippen molar-refractivity contribution >= 4 is 17.5 Å². The lowest BCUT2D eigenvalue weighted by molar-refractivity contribution is -0.116. The zero-order valence-corrected chi connectivity index (χ0v) is 14.9. The molecular formula is C18H28FN3O2. The first-order chi connectivity index (χ1) is 11.2. The molecule has 0 spiro atoms. The fourth-order valence-electron chi connectivity index (χ4n) is 2.38. The maximum atomic E-state index is 14.1. The number of nitrogens with two attached hydrogens (primary N) is 1. The summed E-state index contributed by atoms with van der Waals surface area (Å²) in [5.74, 6) is -0.666. The predicted molar refractivity (Wildman–Crippen MR) is 94.2 cm³/mol. The number of hydrogen-bond acceptors (Lipinski definition) is 3. The molecule has 0 saturated carbocycles. The summed E-state index contributed by atoms with van der Waals surface area (Å²) in [7, 11) is 0. The van der Waals surface area contributed by atoms with Crippen LogP contribution >= 0.6 is 0 Å². The fourth-order valence-corrected chi connectivity index (χ4v) is 2.38. The highest BCUT2D eigenvalue weighted by Gasteiger charge is 2.16. The number of amides is 2. The second-order valence-corrected chi connectivity index (χ2v) is 6.88. The van der Waals surface area contributed by atoms with Gasteiger partial charge in [-0.3, -0.25) is 9.59 Å². The van der Waals surface area contributed by atoms with Crippen molar-refractivity contribution in [1.29, 1.82) is 0 Å². The molecule has 5 nitrogen and oxygen atoms in total. The van der Waals surface area contributed by atoms with Crippen LogP contribution in [0.3, 0.4) is 0 Å². The van der Waals surface area contributed by atoms with Gasteiger partial charge in [-0.2, -0.15) is 0 Å². The van der Waals surface area contributed by atoms with Crippen molar-refractivity contribution in [1.82, 2.24) is 5.32 Å². The quantitative estimate of drug-likeness (QED) is 0.682. The van der Waals surface area contributed by atoms with Crippen LogP contribution in [0, 0.1) is 17.7 Å². The minimum Gasteiger partial charge on any atom is -0.348 e. The number of rotatable bonds is 8. The predicted octanol–water partition coefficient (Wildman–Crippen LogP) is 2.91. The van der Waals surface area contributed by atoms with Crippen LogP contribution in [-0.4, -0.2) is 24.4 Å². The zero-order valence-electron chi connectivity index (χ0n) is 14.9. The van der Waals surface area contributed by atoms with Crippen molar-refractivity contribution < 1.29 is 14.0 Å². The van der Waals surface area contributed by atoms with Gasteiger partial charge in [0.25, 0.3) is 5.91 Å². The number of hydrogen-bond donors (Lipinski definition) is 3. The number of carbonyl (C=O) groups excluding carboxylic acids is 2. The Labute approximate surface area is 143 Å². The van der Waals surface area contributed by atoms with Crippen LogP contribution in [0.5, 0.6) is 0 Å². The first-order valence-corrected chi connectivity index (χ1v) is 8.33. The van der Waals surface area contributed by atoms with E-state index in [1.807, 2.05) is 27.7 Å². The first kappa shape index (κ1) is 20.1. The molecule has 1 aromatic carbocycles. The normalized spacial score (nSPS) is 12.3. The molecular weight excluding hydrogens is 309 g/mol. The van der Waals surface area contributed by atoms with E-state index in [0.717, 1.165) is 12.5 Å². The van der Waals surface area contributed by atoms with Gasteiger partial charge in [0.2, 0.25) is 5.91 Å². The van der Waals surface area contributed by atoms with Crippen LogP contribution in [-0.2, 0) is 4.79 Å². The van der Waals surface area contributed by atoms with E-state index in [1.165, 1.54) is 12.1 Å². The van der Waals surface area contributed by atoms with Crippen molar-refractivity contribution in [3.8, 4) is 0 Å². The second kappa shape index (κ2) is 9.37. The van der Waals surface area contributed by atoms with E-state index in [9.17, 15) is 14.0 Å². The Kier molecular flexibility index (Phi) is 7.85. The van der Waals surface area contributed by atoms with Crippen LogP contribution in [0.1, 0.15) is 50.9 Å². The Bertz CT molecular complexity index is 573. The summed E-state index contributed by atoms with van der Waals surface area (Å²) < 4.78 is 14.1. The Morgan fingerprint density at radius 1 is 1.17 bits per heavy atom. The largest absolute Gasteiger partial charge is 0.348 e. The highest BCUT2D eigenvalue weighted by Crippen LogP contribution is 2.17. The molecule has 0 aliphatic carbocycles. The molecule has 1 atom stereocenters. The van der Waals surface area contributed by atoms with Gasteiger partial charge in [-0.15, -0.1) is 0 Å². The van der Waals surface area contributed by atoms with Gasteiger partial charge >= 0.3 is 0 Å². The highest BCUT2D eigenvalue weighted by atomic mass is 19.1.